The second-order valence-electron chi connectivity index (χ2n) is 7.05. The third-order valence-corrected chi connectivity index (χ3v) is 5.73. The number of rotatable bonds is 4. The van der Waals surface area contributed by atoms with Crippen LogP contribution in [0.1, 0.15) is 31.4 Å². The van der Waals surface area contributed by atoms with E-state index in [1.54, 1.807) is 0 Å². The van der Waals surface area contributed by atoms with E-state index >= 15 is 0 Å². The van der Waals surface area contributed by atoms with Crippen molar-refractivity contribution < 1.29 is 4.74 Å². The Morgan fingerprint density at radius 2 is 1.77 bits per heavy atom. The molecule has 0 N–H and O–H groups in total. The van der Waals surface area contributed by atoms with Gasteiger partial charge in [-0.2, -0.15) is 0 Å². The van der Waals surface area contributed by atoms with E-state index in [4.69, 9.17) is 4.74 Å². The summed E-state index contributed by atoms with van der Waals surface area (Å²) in [5.74, 6) is 0.859. The zero-order chi connectivity index (χ0) is 14.8. The first-order valence-corrected chi connectivity index (χ1v) is 8.86. The van der Waals surface area contributed by atoms with E-state index in [0.29, 0.717) is 0 Å². The molecule has 0 bridgehead atoms. The van der Waals surface area contributed by atoms with Gasteiger partial charge in [0.15, 0.2) is 0 Å². The summed E-state index contributed by atoms with van der Waals surface area (Å²) in [6, 6.07) is 7.79. The van der Waals surface area contributed by atoms with Crippen LogP contribution in [0.15, 0.2) is 24.4 Å². The number of nitrogens with zero attached hydrogens (tertiary/aromatic N) is 3. The molecule has 22 heavy (non-hydrogen) atoms. The molecule has 2 atom stereocenters. The molecule has 4 nitrogen and oxygen atoms in total. The monoisotopic (exact) mass is 301 g/mol. The minimum atomic E-state index is 0.752. The van der Waals surface area contributed by atoms with Gasteiger partial charge in [-0.1, -0.05) is 6.07 Å². The Labute approximate surface area is 133 Å². The first kappa shape index (κ1) is 14.6. The zero-order valence-corrected chi connectivity index (χ0v) is 13.4. The minimum Gasteiger partial charge on any atom is -0.381 e. The molecule has 3 fully saturated rings. The molecule has 4 heteroatoms. The van der Waals surface area contributed by atoms with Crippen molar-refractivity contribution in [2.75, 3.05) is 32.8 Å². The fourth-order valence-electron chi connectivity index (χ4n) is 4.55. The first-order valence-electron chi connectivity index (χ1n) is 8.86. The van der Waals surface area contributed by atoms with Gasteiger partial charge in [-0.25, -0.2) is 0 Å². The Kier molecular flexibility index (Phi) is 4.42. The maximum atomic E-state index is 5.50. The van der Waals surface area contributed by atoms with Crippen molar-refractivity contribution in [3.05, 3.63) is 30.1 Å². The highest BCUT2D eigenvalue weighted by Crippen LogP contribution is 2.33. The van der Waals surface area contributed by atoms with E-state index in [2.05, 4.69) is 26.9 Å². The van der Waals surface area contributed by atoms with E-state index in [0.717, 1.165) is 37.8 Å². The van der Waals surface area contributed by atoms with Crippen molar-refractivity contribution in [2.45, 2.75) is 44.3 Å². The molecule has 0 spiro atoms. The van der Waals surface area contributed by atoms with Gasteiger partial charge in [0.2, 0.25) is 0 Å². The van der Waals surface area contributed by atoms with E-state index in [1.165, 1.54) is 51.0 Å². The smallest absolute Gasteiger partial charge is 0.0544 e. The Bertz CT molecular complexity index is 474. The van der Waals surface area contributed by atoms with Gasteiger partial charge in [-0.05, 0) is 43.7 Å². The maximum absolute atomic E-state index is 5.50. The zero-order valence-electron chi connectivity index (χ0n) is 13.4. The van der Waals surface area contributed by atoms with Crippen LogP contribution in [-0.4, -0.2) is 59.7 Å². The molecular weight excluding hydrogens is 274 g/mol. The third kappa shape index (κ3) is 3.05. The highest BCUT2D eigenvalue weighted by atomic mass is 16.5. The van der Waals surface area contributed by atoms with Gasteiger partial charge in [0.05, 0.1) is 5.69 Å². The summed E-state index contributed by atoms with van der Waals surface area (Å²) in [6.07, 6.45) is 7.09. The third-order valence-electron chi connectivity index (χ3n) is 5.73. The predicted molar refractivity (Wildman–Crippen MR) is 86.6 cm³/mol. The van der Waals surface area contributed by atoms with E-state index in [1.807, 2.05) is 12.3 Å². The number of likely N-dealkylation sites (tertiary alicyclic amines) is 2. The number of aromatic nitrogens is 1. The van der Waals surface area contributed by atoms with Gasteiger partial charge < -0.3 is 4.74 Å². The number of hydrogen-bond acceptors (Lipinski definition) is 4. The maximum Gasteiger partial charge on any atom is 0.0544 e. The lowest BCUT2D eigenvalue weighted by molar-refractivity contribution is 0.0504. The standard InChI is InChI=1S/C18H27N3O/c1-2-8-19-16(3-1)14-21-10-5-17-18(21)4-9-20(17)13-15-6-11-22-12-7-15/h1-3,8,15,17-18H,4-7,9-14H2. The van der Waals surface area contributed by atoms with Gasteiger partial charge in [0.25, 0.3) is 0 Å². The molecule has 0 aromatic carbocycles. The van der Waals surface area contributed by atoms with Crippen molar-refractivity contribution in [3.63, 3.8) is 0 Å². The Balaban J connectivity index is 1.35. The van der Waals surface area contributed by atoms with Gasteiger partial charge in [0, 0.05) is 57.7 Å². The average molecular weight is 301 g/mol. The lowest BCUT2D eigenvalue weighted by atomic mass is 9.99. The van der Waals surface area contributed by atoms with Crippen LogP contribution in [0.5, 0.6) is 0 Å². The van der Waals surface area contributed by atoms with Crippen LogP contribution in [0.3, 0.4) is 0 Å². The molecule has 2 unspecified atom stereocenters. The Hall–Kier alpha value is -0.970. The molecule has 1 aromatic heterocycles. The average Bonchev–Trinajstić information content (AvgIpc) is 3.14. The molecule has 0 amide bonds. The second kappa shape index (κ2) is 6.65. The van der Waals surface area contributed by atoms with E-state index in [9.17, 15) is 0 Å². The molecule has 0 radical (unpaired) electrons. The van der Waals surface area contributed by atoms with Crippen LogP contribution >= 0.6 is 0 Å². The lowest BCUT2D eigenvalue weighted by Gasteiger charge is -2.30. The topological polar surface area (TPSA) is 28.6 Å². The quantitative estimate of drug-likeness (QED) is 0.852. The summed E-state index contributed by atoms with van der Waals surface area (Å²) in [5, 5.41) is 0. The highest BCUT2D eigenvalue weighted by molar-refractivity contribution is 5.06. The number of fused-ring (bicyclic) bond motifs is 1. The SMILES string of the molecule is c1ccc(CN2CCC3C2CCN3CC2CCOCC2)nc1. The van der Waals surface area contributed by atoms with Gasteiger partial charge in [0.1, 0.15) is 0 Å². The molecule has 0 aliphatic carbocycles. The van der Waals surface area contributed by atoms with E-state index < -0.39 is 0 Å². The first-order chi connectivity index (χ1) is 10.9. The minimum absolute atomic E-state index is 0.752. The molecule has 3 aliphatic heterocycles. The van der Waals surface area contributed by atoms with Crippen molar-refractivity contribution in [1.29, 1.82) is 0 Å². The molecule has 0 saturated carbocycles. The lowest BCUT2D eigenvalue weighted by Crippen LogP contribution is -2.39. The van der Waals surface area contributed by atoms with E-state index in [-0.39, 0.29) is 0 Å². The number of pyridine rings is 1. The summed E-state index contributed by atoms with van der Waals surface area (Å²) < 4.78 is 5.50. The summed E-state index contributed by atoms with van der Waals surface area (Å²) >= 11 is 0. The van der Waals surface area contributed by atoms with Crippen LogP contribution in [0.25, 0.3) is 0 Å². The molecule has 4 heterocycles. The summed E-state index contributed by atoms with van der Waals surface area (Å²) in [5.41, 5.74) is 1.21. The fourth-order valence-corrected chi connectivity index (χ4v) is 4.55. The Morgan fingerprint density at radius 3 is 2.55 bits per heavy atom. The molecule has 1 aromatic rings. The number of hydrogen-bond donors (Lipinski definition) is 0. The van der Waals surface area contributed by atoms with Crippen molar-refractivity contribution in [2.24, 2.45) is 5.92 Å². The predicted octanol–water partition coefficient (Wildman–Crippen LogP) is 2.16. The summed E-state index contributed by atoms with van der Waals surface area (Å²) in [4.78, 5) is 9.94. The van der Waals surface area contributed by atoms with Crippen LogP contribution in [0.4, 0.5) is 0 Å². The van der Waals surface area contributed by atoms with Crippen LogP contribution < -0.4 is 0 Å². The van der Waals surface area contributed by atoms with Gasteiger partial charge in [-0.3, -0.25) is 14.8 Å². The van der Waals surface area contributed by atoms with Crippen molar-refractivity contribution >= 4 is 0 Å². The molecular formula is C18H27N3O. The van der Waals surface area contributed by atoms with Gasteiger partial charge >= 0.3 is 0 Å². The number of ether oxygens (including phenoxy) is 1. The highest BCUT2D eigenvalue weighted by Gasteiger charge is 2.42. The Morgan fingerprint density at radius 1 is 1.00 bits per heavy atom. The molecule has 3 aliphatic rings. The van der Waals surface area contributed by atoms with Crippen LogP contribution in [-0.2, 0) is 11.3 Å². The molecule has 120 valence electrons. The summed E-state index contributed by atoms with van der Waals surface area (Å²) in [7, 11) is 0. The summed E-state index contributed by atoms with van der Waals surface area (Å²) in [6.45, 7) is 6.77. The normalized spacial score (nSPS) is 30.7. The van der Waals surface area contributed by atoms with Crippen molar-refractivity contribution in [1.82, 2.24) is 14.8 Å². The largest absolute Gasteiger partial charge is 0.381 e. The molecule has 3 saturated heterocycles. The van der Waals surface area contributed by atoms with Crippen LogP contribution in [0.2, 0.25) is 0 Å². The van der Waals surface area contributed by atoms with Crippen LogP contribution in [0, 0.1) is 5.92 Å². The molecule has 4 rings (SSSR count). The van der Waals surface area contributed by atoms with Gasteiger partial charge in [-0.15, -0.1) is 0 Å². The van der Waals surface area contributed by atoms with Crippen molar-refractivity contribution in [3.8, 4) is 0 Å². The fraction of sp³-hybridized carbons (Fsp3) is 0.722. The second-order valence-corrected chi connectivity index (χ2v) is 7.05.